The lowest BCUT2D eigenvalue weighted by molar-refractivity contribution is -0.155. The Hall–Kier alpha value is -1.58. The molecule has 2 rings (SSSR count). The predicted octanol–water partition coefficient (Wildman–Crippen LogP) is 2.30. The fraction of sp³-hybridized carbons (Fsp3) is 0.417. The van der Waals surface area contributed by atoms with Crippen LogP contribution in [0, 0.1) is 5.82 Å². The molecule has 0 radical (unpaired) electrons. The molecule has 1 saturated heterocycles. The van der Waals surface area contributed by atoms with Crippen LogP contribution in [0.15, 0.2) is 24.3 Å². The minimum atomic E-state index is -0.295. The third kappa shape index (κ3) is 2.95. The molecule has 0 N–H and O–H groups in total. The lowest BCUT2D eigenvalue weighted by Crippen LogP contribution is -2.28. The van der Waals surface area contributed by atoms with E-state index in [0.717, 1.165) is 12.8 Å². The smallest absolute Gasteiger partial charge is 0.306 e. The van der Waals surface area contributed by atoms with E-state index >= 15 is 0 Å². The summed E-state index contributed by atoms with van der Waals surface area (Å²) in [4.78, 5) is 11.0. The zero-order chi connectivity index (χ0) is 11.4. The largest absolute Gasteiger partial charge is 0.490 e. The number of hydrogen-bond donors (Lipinski definition) is 0. The number of halogens is 1. The molecule has 1 heterocycles. The Kier molecular flexibility index (Phi) is 3.39. The predicted molar refractivity (Wildman–Crippen MR) is 55.6 cm³/mol. The maximum atomic E-state index is 12.6. The molecule has 0 spiro atoms. The van der Waals surface area contributed by atoms with Crippen LogP contribution in [0.4, 0.5) is 4.39 Å². The van der Waals surface area contributed by atoms with E-state index in [2.05, 4.69) is 0 Å². The highest BCUT2D eigenvalue weighted by atomic mass is 19.1. The molecule has 0 aliphatic carbocycles. The summed E-state index contributed by atoms with van der Waals surface area (Å²) in [5, 5.41) is 0. The summed E-state index contributed by atoms with van der Waals surface area (Å²) in [5.74, 6) is 0.124. The molecule has 16 heavy (non-hydrogen) atoms. The number of hydrogen-bond acceptors (Lipinski definition) is 3. The summed E-state index contributed by atoms with van der Waals surface area (Å²) in [6, 6.07) is 5.78. The van der Waals surface area contributed by atoms with Crippen LogP contribution in [0.2, 0.25) is 0 Å². The molecule has 1 fully saturated rings. The van der Waals surface area contributed by atoms with Crippen LogP contribution in [-0.4, -0.2) is 18.7 Å². The minimum absolute atomic E-state index is 0.168. The fourth-order valence-corrected chi connectivity index (χ4v) is 1.62. The minimum Gasteiger partial charge on any atom is -0.490 e. The van der Waals surface area contributed by atoms with Gasteiger partial charge in [-0.1, -0.05) is 0 Å². The summed E-state index contributed by atoms with van der Waals surface area (Å²) in [6.07, 6.45) is 1.99. The van der Waals surface area contributed by atoms with E-state index in [-0.39, 0.29) is 17.9 Å². The quantitative estimate of drug-likeness (QED) is 0.739. The van der Waals surface area contributed by atoms with Gasteiger partial charge in [-0.2, -0.15) is 0 Å². The summed E-state index contributed by atoms with van der Waals surface area (Å²) in [6.45, 7) is 0.331. The lowest BCUT2D eigenvalue weighted by Gasteiger charge is -2.22. The van der Waals surface area contributed by atoms with Crippen LogP contribution in [0.3, 0.4) is 0 Å². The zero-order valence-corrected chi connectivity index (χ0v) is 8.82. The van der Waals surface area contributed by atoms with E-state index in [1.165, 1.54) is 12.1 Å². The number of esters is 1. The molecule has 0 bridgehead atoms. The fourth-order valence-electron chi connectivity index (χ4n) is 1.62. The van der Waals surface area contributed by atoms with E-state index in [0.29, 0.717) is 18.8 Å². The summed E-state index contributed by atoms with van der Waals surface area (Å²) in [5.41, 5.74) is 0. The highest BCUT2D eigenvalue weighted by Crippen LogP contribution is 2.17. The summed E-state index contributed by atoms with van der Waals surface area (Å²) in [7, 11) is 0. The number of carbonyl (C=O) groups excluding carboxylic acids is 1. The topological polar surface area (TPSA) is 35.5 Å². The van der Waals surface area contributed by atoms with Gasteiger partial charge >= 0.3 is 5.97 Å². The Morgan fingerprint density at radius 2 is 2.12 bits per heavy atom. The summed E-state index contributed by atoms with van der Waals surface area (Å²) >= 11 is 0. The Morgan fingerprint density at radius 1 is 1.38 bits per heavy atom. The van der Waals surface area contributed by atoms with E-state index in [4.69, 9.17) is 9.47 Å². The third-order valence-corrected chi connectivity index (χ3v) is 2.45. The van der Waals surface area contributed by atoms with Crippen molar-refractivity contribution in [3.63, 3.8) is 0 Å². The molecule has 3 nitrogen and oxygen atoms in total. The first-order chi connectivity index (χ1) is 7.74. The second kappa shape index (κ2) is 4.96. The van der Waals surface area contributed by atoms with Crippen LogP contribution in [0.1, 0.15) is 19.3 Å². The lowest BCUT2D eigenvalue weighted by atomic mass is 10.1. The molecule has 1 aliphatic heterocycles. The first-order valence-corrected chi connectivity index (χ1v) is 5.32. The molecule has 1 atom stereocenters. The average Bonchev–Trinajstić information content (AvgIpc) is 2.28. The van der Waals surface area contributed by atoms with Gasteiger partial charge < -0.3 is 9.47 Å². The van der Waals surface area contributed by atoms with Crippen LogP contribution in [0.25, 0.3) is 0 Å². The van der Waals surface area contributed by atoms with Gasteiger partial charge in [-0.25, -0.2) is 4.39 Å². The summed E-state index contributed by atoms with van der Waals surface area (Å²) < 4.78 is 23.1. The van der Waals surface area contributed by atoms with Crippen LogP contribution in [0.5, 0.6) is 5.75 Å². The van der Waals surface area contributed by atoms with Gasteiger partial charge in [-0.15, -0.1) is 0 Å². The number of benzene rings is 1. The monoisotopic (exact) mass is 224 g/mol. The van der Waals surface area contributed by atoms with Crippen molar-refractivity contribution in [2.24, 2.45) is 0 Å². The number of cyclic esters (lactones) is 1. The van der Waals surface area contributed by atoms with Gasteiger partial charge in [0.2, 0.25) is 0 Å². The van der Waals surface area contributed by atoms with Crippen LogP contribution >= 0.6 is 0 Å². The zero-order valence-electron chi connectivity index (χ0n) is 8.82. The van der Waals surface area contributed by atoms with Gasteiger partial charge in [0, 0.05) is 6.42 Å². The van der Waals surface area contributed by atoms with E-state index in [1.54, 1.807) is 12.1 Å². The molecule has 1 aliphatic rings. The van der Waals surface area contributed by atoms with Crippen molar-refractivity contribution in [1.29, 1.82) is 0 Å². The first-order valence-electron chi connectivity index (χ1n) is 5.32. The van der Waals surface area contributed by atoms with Gasteiger partial charge in [0.05, 0.1) is 0 Å². The molecule has 1 aromatic carbocycles. The molecule has 0 unspecified atom stereocenters. The molecule has 86 valence electrons. The molecule has 0 amide bonds. The molecule has 4 heteroatoms. The maximum absolute atomic E-state index is 12.6. The molecule has 0 aromatic heterocycles. The van der Waals surface area contributed by atoms with Crippen molar-refractivity contribution < 1.29 is 18.7 Å². The van der Waals surface area contributed by atoms with Gasteiger partial charge in [-0.05, 0) is 37.1 Å². The highest BCUT2D eigenvalue weighted by molar-refractivity contribution is 5.70. The molecule has 1 aromatic rings. The SMILES string of the molecule is O=C1CCC[C@@H](COc2ccc(F)cc2)O1. The van der Waals surface area contributed by atoms with E-state index in [1.807, 2.05) is 0 Å². The van der Waals surface area contributed by atoms with Gasteiger partial charge in [0.25, 0.3) is 0 Å². The normalized spacial score (nSPS) is 20.3. The Balaban J connectivity index is 1.82. The van der Waals surface area contributed by atoms with E-state index < -0.39 is 0 Å². The number of rotatable bonds is 3. The maximum Gasteiger partial charge on any atom is 0.306 e. The van der Waals surface area contributed by atoms with Crippen LogP contribution < -0.4 is 4.74 Å². The Morgan fingerprint density at radius 3 is 2.81 bits per heavy atom. The highest BCUT2D eigenvalue weighted by Gasteiger charge is 2.20. The van der Waals surface area contributed by atoms with Crippen molar-refractivity contribution in [2.75, 3.05) is 6.61 Å². The van der Waals surface area contributed by atoms with Gasteiger partial charge in [0.15, 0.2) is 0 Å². The Bertz CT molecular complexity index is 361. The molecular weight excluding hydrogens is 211 g/mol. The van der Waals surface area contributed by atoms with Crippen molar-refractivity contribution in [3.8, 4) is 5.75 Å². The molecule has 0 saturated carbocycles. The van der Waals surface area contributed by atoms with Gasteiger partial charge in [-0.3, -0.25) is 4.79 Å². The van der Waals surface area contributed by atoms with Crippen molar-refractivity contribution >= 4 is 5.97 Å². The first kappa shape index (κ1) is 10.9. The third-order valence-electron chi connectivity index (χ3n) is 2.45. The van der Waals surface area contributed by atoms with E-state index in [9.17, 15) is 9.18 Å². The second-order valence-electron chi connectivity index (χ2n) is 3.77. The number of carbonyl (C=O) groups is 1. The van der Waals surface area contributed by atoms with Crippen LogP contribution in [-0.2, 0) is 9.53 Å². The Labute approximate surface area is 93.2 Å². The number of ether oxygens (including phenoxy) is 2. The average molecular weight is 224 g/mol. The second-order valence-corrected chi connectivity index (χ2v) is 3.77. The van der Waals surface area contributed by atoms with Crippen molar-refractivity contribution in [1.82, 2.24) is 0 Å². The van der Waals surface area contributed by atoms with Crippen molar-refractivity contribution in [3.05, 3.63) is 30.1 Å². The standard InChI is InChI=1S/C12H13FO3/c13-9-4-6-10(7-5-9)15-8-11-2-1-3-12(14)16-11/h4-7,11H,1-3,8H2/t11-/m0/s1. The van der Waals surface area contributed by atoms with Crippen molar-refractivity contribution in [2.45, 2.75) is 25.4 Å². The van der Waals surface area contributed by atoms with Gasteiger partial charge in [0.1, 0.15) is 24.3 Å². The molecular formula is C12H13FO3.